The molecule has 132 valence electrons. The van der Waals surface area contributed by atoms with E-state index in [4.69, 9.17) is 9.26 Å². The van der Waals surface area contributed by atoms with Crippen molar-refractivity contribution < 1.29 is 18.8 Å². The predicted molar refractivity (Wildman–Crippen MR) is 93.1 cm³/mol. The van der Waals surface area contributed by atoms with E-state index in [1.165, 1.54) is 18.7 Å². The van der Waals surface area contributed by atoms with Gasteiger partial charge in [-0.3, -0.25) is 4.79 Å². The van der Waals surface area contributed by atoms with Crippen molar-refractivity contribution in [1.29, 1.82) is 0 Å². The number of ether oxygens (including phenoxy) is 1. The molecule has 0 fully saturated rings. The first-order valence-corrected chi connectivity index (χ1v) is 8.59. The third kappa shape index (κ3) is 5.46. The van der Waals surface area contributed by atoms with Gasteiger partial charge in [0.2, 0.25) is 0 Å². The Bertz CT molecular complexity index is 760. The van der Waals surface area contributed by atoms with Crippen LogP contribution in [0.15, 0.2) is 46.6 Å². The van der Waals surface area contributed by atoms with Crippen LogP contribution in [0.4, 0.5) is 0 Å². The molecule has 2 aromatic rings. The maximum Gasteiger partial charge on any atom is 0.341 e. The molecule has 2 rings (SSSR count). The molecule has 2 heterocycles. The fourth-order valence-electron chi connectivity index (χ4n) is 1.88. The lowest BCUT2D eigenvalue weighted by Gasteiger charge is -2.13. The second-order valence-electron chi connectivity index (χ2n) is 5.16. The molecular formula is C17H19N3O4S. The fourth-order valence-corrected chi connectivity index (χ4v) is 2.75. The number of amides is 1. The van der Waals surface area contributed by atoms with Crippen LogP contribution in [-0.4, -0.2) is 34.7 Å². The molecule has 7 nitrogen and oxygen atoms in total. The minimum absolute atomic E-state index is 0.302. The molecule has 0 aliphatic carbocycles. The van der Waals surface area contributed by atoms with Gasteiger partial charge < -0.3 is 14.6 Å². The number of hydrogen-bond acceptors (Lipinski definition) is 7. The lowest BCUT2D eigenvalue weighted by Crippen LogP contribution is -2.35. The molecule has 1 amide bonds. The van der Waals surface area contributed by atoms with Gasteiger partial charge in [-0.05, 0) is 26.0 Å². The van der Waals surface area contributed by atoms with E-state index < -0.39 is 12.1 Å². The summed E-state index contributed by atoms with van der Waals surface area (Å²) in [6.45, 7) is 7.15. The molecule has 8 heteroatoms. The Morgan fingerprint density at radius 1 is 1.52 bits per heavy atom. The summed E-state index contributed by atoms with van der Waals surface area (Å²) in [5.41, 5.74) is 1.06. The number of hydrogen-bond donors (Lipinski definition) is 1. The molecule has 0 unspecified atom stereocenters. The van der Waals surface area contributed by atoms with Crippen LogP contribution in [0.25, 0.3) is 0 Å². The molecule has 2 aromatic heterocycles. The van der Waals surface area contributed by atoms with Crippen LogP contribution in [0.1, 0.15) is 28.7 Å². The number of nitrogens with zero attached hydrogens (tertiary/aromatic N) is 2. The first-order valence-electron chi connectivity index (χ1n) is 7.61. The Balaban J connectivity index is 2.01. The molecule has 0 saturated heterocycles. The second kappa shape index (κ2) is 9.03. The van der Waals surface area contributed by atoms with E-state index in [1.54, 1.807) is 24.4 Å². The second-order valence-corrected chi connectivity index (χ2v) is 6.12. The number of carbonyl (C=O) groups excluding carboxylic acids is 2. The highest BCUT2D eigenvalue weighted by Gasteiger charge is 2.21. The van der Waals surface area contributed by atoms with Crippen LogP contribution in [-0.2, 0) is 15.3 Å². The number of pyridine rings is 1. The summed E-state index contributed by atoms with van der Waals surface area (Å²) >= 11 is 1.34. The predicted octanol–water partition coefficient (Wildman–Crippen LogP) is 2.52. The number of rotatable bonds is 8. The van der Waals surface area contributed by atoms with E-state index in [9.17, 15) is 9.59 Å². The molecule has 0 aliphatic heterocycles. The van der Waals surface area contributed by atoms with E-state index in [-0.39, 0.29) is 5.91 Å². The van der Waals surface area contributed by atoms with Crippen molar-refractivity contribution >= 4 is 23.6 Å². The Labute approximate surface area is 149 Å². The standard InChI is InChI=1S/C17H19N3O4S/c1-4-7-18-15(21)12(3)23-17(22)14-6-5-8-19-16(14)25-10-13-9-11(2)24-20-13/h4-6,8-9,12H,1,7,10H2,2-3H3,(H,18,21)/t12-/m0/s1. The minimum Gasteiger partial charge on any atom is -0.449 e. The third-order valence-corrected chi connectivity index (χ3v) is 4.14. The normalized spacial score (nSPS) is 11.6. The van der Waals surface area contributed by atoms with E-state index >= 15 is 0 Å². The van der Waals surface area contributed by atoms with E-state index in [0.717, 1.165) is 11.5 Å². The van der Waals surface area contributed by atoms with Crippen molar-refractivity contribution in [1.82, 2.24) is 15.5 Å². The smallest absolute Gasteiger partial charge is 0.341 e. The zero-order chi connectivity index (χ0) is 18.2. The lowest BCUT2D eigenvalue weighted by atomic mass is 10.3. The molecule has 0 bridgehead atoms. The third-order valence-electron chi connectivity index (χ3n) is 3.10. The Morgan fingerprint density at radius 2 is 2.32 bits per heavy atom. The van der Waals surface area contributed by atoms with Gasteiger partial charge >= 0.3 is 5.97 Å². The molecule has 0 saturated carbocycles. The van der Waals surface area contributed by atoms with Crippen molar-refractivity contribution in [3.05, 3.63) is 54.1 Å². The molecule has 1 N–H and O–H groups in total. The van der Waals surface area contributed by atoms with Crippen molar-refractivity contribution in [2.24, 2.45) is 0 Å². The Kier molecular flexibility index (Phi) is 6.76. The number of aryl methyl sites for hydroxylation is 1. The topological polar surface area (TPSA) is 94.3 Å². The van der Waals surface area contributed by atoms with Crippen molar-refractivity contribution in [3.63, 3.8) is 0 Å². The van der Waals surface area contributed by atoms with Crippen LogP contribution in [0, 0.1) is 6.92 Å². The summed E-state index contributed by atoms with van der Waals surface area (Å²) in [6, 6.07) is 5.07. The molecular weight excluding hydrogens is 342 g/mol. The molecule has 0 aliphatic rings. The average molecular weight is 361 g/mol. The largest absolute Gasteiger partial charge is 0.449 e. The van der Waals surface area contributed by atoms with Crippen molar-refractivity contribution in [3.8, 4) is 0 Å². The van der Waals surface area contributed by atoms with Crippen LogP contribution in [0.5, 0.6) is 0 Å². The van der Waals surface area contributed by atoms with E-state index in [2.05, 4.69) is 22.0 Å². The number of nitrogens with one attached hydrogen (secondary N) is 1. The van der Waals surface area contributed by atoms with Crippen molar-refractivity contribution in [2.75, 3.05) is 6.54 Å². The summed E-state index contributed by atoms with van der Waals surface area (Å²) in [5, 5.41) is 6.99. The Morgan fingerprint density at radius 3 is 3.00 bits per heavy atom. The molecule has 1 atom stereocenters. The molecule has 0 spiro atoms. The van der Waals surface area contributed by atoms with Gasteiger partial charge in [0, 0.05) is 24.6 Å². The van der Waals surface area contributed by atoms with Gasteiger partial charge in [0.1, 0.15) is 10.8 Å². The highest BCUT2D eigenvalue weighted by atomic mass is 32.2. The minimum atomic E-state index is -0.913. The molecule has 25 heavy (non-hydrogen) atoms. The van der Waals surface area contributed by atoms with E-state index in [1.807, 2.05) is 13.0 Å². The quantitative estimate of drug-likeness (QED) is 0.438. The Hall–Kier alpha value is -2.61. The highest BCUT2D eigenvalue weighted by molar-refractivity contribution is 7.98. The summed E-state index contributed by atoms with van der Waals surface area (Å²) in [4.78, 5) is 28.4. The summed E-state index contributed by atoms with van der Waals surface area (Å²) in [5.74, 6) is 0.234. The zero-order valence-corrected chi connectivity index (χ0v) is 14.8. The number of thioether (sulfide) groups is 1. The summed E-state index contributed by atoms with van der Waals surface area (Å²) in [7, 11) is 0. The van der Waals surface area contributed by atoms with Gasteiger partial charge in [-0.15, -0.1) is 6.58 Å². The van der Waals surface area contributed by atoms with E-state index in [0.29, 0.717) is 22.9 Å². The SMILES string of the molecule is C=CCNC(=O)[C@H](C)OC(=O)c1cccnc1SCc1cc(C)on1. The van der Waals surface area contributed by atoms with Crippen molar-refractivity contribution in [2.45, 2.75) is 30.7 Å². The molecule has 0 aromatic carbocycles. The maximum atomic E-state index is 12.4. The zero-order valence-electron chi connectivity index (χ0n) is 14.0. The summed E-state index contributed by atoms with van der Waals surface area (Å²) in [6.07, 6.45) is 2.23. The van der Waals surface area contributed by atoms with Gasteiger partial charge in [-0.1, -0.05) is 23.0 Å². The van der Waals surface area contributed by atoms with Gasteiger partial charge in [-0.25, -0.2) is 9.78 Å². The monoisotopic (exact) mass is 361 g/mol. The maximum absolute atomic E-state index is 12.4. The lowest BCUT2D eigenvalue weighted by molar-refractivity contribution is -0.128. The first-order chi connectivity index (χ1) is 12.0. The fraction of sp³-hybridized carbons (Fsp3) is 0.294. The number of aromatic nitrogens is 2. The van der Waals surface area contributed by atoms with Crippen LogP contribution < -0.4 is 5.32 Å². The molecule has 0 radical (unpaired) electrons. The van der Waals surface area contributed by atoms with Crippen LogP contribution in [0.2, 0.25) is 0 Å². The number of esters is 1. The highest BCUT2D eigenvalue weighted by Crippen LogP contribution is 2.24. The van der Waals surface area contributed by atoms with Gasteiger partial charge in [0.05, 0.1) is 11.3 Å². The average Bonchev–Trinajstić information content (AvgIpc) is 3.03. The van der Waals surface area contributed by atoms with Crippen LogP contribution >= 0.6 is 11.8 Å². The first kappa shape index (κ1) is 18.7. The van der Waals surface area contributed by atoms with Gasteiger partial charge in [-0.2, -0.15) is 0 Å². The summed E-state index contributed by atoms with van der Waals surface area (Å²) < 4.78 is 10.2. The van der Waals surface area contributed by atoms with Gasteiger partial charge in [0.15, 0.2) is 6.10 Å². The van der Waals surface area contributed by atoms with Crippen LogP contribution in [0.3, 0.4) is 0 Å². The number of carbonyl (C=O) groups is 2. The van der Waals surface area contributed by atoms with Gasteiger partial charge in [0.25, 0.3) is 5.91 Å².